The van der Waals surface area contributed by atoms with E-state index >= 15 is 0 Å². The van der Waals surface area contributed by atoms with Gasteiger partial charge in [0.2, 0.25) is 0 Å². The lowest BCUT2D eigenvalue weighted by atomic mass is 10.3. The Morgan fingerprint density at radius 2 is 2.29 bits per heavy atom. The van der Waals surface area contributed by atoms with E-state index in [0.717, 1.165) is 26.9 Å². The van der Waals surface area contributed by atoms with Gasteiger partial charge in [0.15, 0.2) is 5.13 Å². The van der Waals surface area contributed by atoms with Crippen molar-refractivity contribution in [3.8, 4) is 0 Å². The Morgan fingerprint density at radius 1 is 1.47 bits per heavy atom. The molecule has 0 aliphatic carbocycles. The highest BCUT2D eigenvalue weighted by atomic mass is 35.5. The standard InChI is InChI=1S/C12H15ClN2OS/c1-8(2)16-6-5-14-12-15-10-4-3-9(13)7-11(10)17-12/h3-4,7-8H,5-6H2,1-2H3,(H,14,15). The number of benzene rings is 1. The van der Waals surface area contributed by atoms with Gasteiger partial charge in [0.05, 0.1) is 22.9 Å². The SMILES string of the molecule is CC(C)OCCNc1nc2ccc(Cl)cc2s1. The Hall–Kier alpha value is -0.840. The maximum absolute atomic E-state index is 5.93. The van der Waals surface area contributed by atoms with Crippen LogP contribution in [0.5, 0.6) is 0 Å². The predicted molar refractivity (Wildman–Crippen MR) is 74.2 cm³/mol. The zero-order chi connectivity index (χ0) is 12.3. The van der Waals surface area contributed by atoms with E-state index in [0.29, 0.717) is 6.61 Å². The number of rotatable bonds is 5. The molecule has 0 fully saturated rings. The van der Waals surface area contributed by atoms with E-state index in [9.17, 15) is 0 Å². The second kappa shape index (κ2) is 5.67. The zero-order valence-corrected chi connectivity index (χ0v) is 11.4. The molecular weight excluding hydrogens is 256 g/mol. The number of aromatic nitrogens is 1. The van der Waals surface area contributed by atoms with E-state index in [1.807, 2.05) is 32.0 Å². The zero-order valence-electron chi connectivity index (χ0n) is 9.87. The topological polar surface area (TPSA) is 34.1 Å². The summed E-state index contributed by atoms with van der Waals surface area (Å²) in [5.74, 6) is 0. The molecule has 0 atom stereocenters. The van der Waals surface area contributed by atoms with Crippen molar-refractivity contribution < 1.29 is 4.74 Å². The molecule has 1 aromatic carbocycles. The molecule has 0 spiro atoms. The van der Waals surface area contributed by atoms with Gasteiger partial charge in [-0.2, -0.15) is 0 Å². The molecule has 1 heterocycles. The molecule has 0 unspecified atom stereocenters. The first-order valence-corrected chi connectivity index (χ1v) is 6.76. The van der Waals surface area contributed by atoms with Gasteiger partial charge < -0.3 is 10.1 Å². The van der Waals surface area contributed by atoms with Gasteiger partial charge in [-0.25, -0.2) is 4.98 Å². The number of nitrogens with zero attached hydrogens (tertiary/aromatic N) is 1. The number of hydrogen-bond donors (Lipinski definition) is 1. The Morgan fingerprint density at radius 3 is 3.06 bits per heavy atom. The highest BCUT2D eigenvalue weighted by molar-refractivity contribution is 7.22. The summed E-state index contributed by atoms with van der Waals surface area (Å²) in [5, 5.41) is 4.91. The number of anilines is 1. The van der Waals surface area contributed by atoms with Crippen LogP contribution in [0.15, 0.2) is 18.2 Å². The van der Waals surface area contributed by atoms with E-state index in [1.165, 1.54) is 0 Å². The van der Waals surface area contributed by atoms with Crippen molar-refractivity contribution in [3.63, 3.8) is 0 Å². The molecule has 2 rings (SSSR count). The predicted octanol–water partition coefficient (Wildman–Crippen LogP) is 3.79. The molecule has 0 aliphatic rings. The first-order chi connectivity index (χ1) is 8.15. The summed E-state index contributed by atoms with van der Waals surface area (Å²) in [6.45, 7) is 5.51. The fourth-order valence-corrected chi connectivity index (χ4v) is 2.59. The fourth-order valence-electron chi connectivity index (χ4n) is 1.43. The average molecular weight is 271 g/mol. The van der Waals surface area contributed by atoms with Crippen molar-refractivity contribution >= 4 is 38.3 Å². The number of thiazole rings is 1. The van der Waals surface area contributed by atoms with Gasteiger partial charge in [-0.1, -0.05) is 22.9 Å². The number of halogens is 1. The molecular formula is C12H15ClN2OS. The van der Waals surface area contributed by atoms with Gasteiger partial charge in [-0.05, 0) is 32.0 Å². The molecule has 5 heteroatoms. The van der Waals surface area contributed by atoms with Gasteiger partial charge in [0.25, 0.3) is 0 Å². The maximum atomic E-state index is 5.93. The van der Waals surface area contributed by atoms with E-state index in [1.54, 1.807) is 11.3 Å². The van der Waals surface area contributed by atoms with Crippen LogP contribution in [0.4, 0.5) is 5.13 Å². The van der Waals surface area contributed by atoms with Gasteiger partial charge >= 0.3 is 0 Å². The van der Waals surface area contributed by atoms with Crippen molar-refractivity contribution in [2.24, 2.45) is 0 Å². The fraction of sp³-hybridized carbons (Fsp3) is 0.417. The number of ether oxygens (including phenoxy) is 1. The van der Waals surface area contributed by atoms with Crippen LogP contribution in [0.2, 0.25) is 5.02 Å². The third kappa shape index (κ3) is 3.56. The molecule has 1 aromatic heterocycles. The minimum absolute atomic E-state index is 0.269. The minimum atomic E-state index is 0.269. The molecule has 0 amide bonds. The summed E-state index contributed by atoms with van der Waals surface area (Å²) in [6.07, 6.45) is 0.269. The van der Waals surface area contributed by atoms with Crippen LogP contribution in [0.1, 0.15) is 13.8 Å². The highest BCUT2D eigenvalue weighted by Crippen LogP contribution is 2.27. The maximum Gasteiger partial charge on any atom is 0.183 e. The molecule has 0 aliphatic heterocycles. The van der Waals surface area contributed by atoms with Crippen LogP contribution in [-0.4, -0.2) is 24.2 Å². The van der Waals surface area contributed by atoms with Crippen LogP contribution in [0, 0.1) is 0 Å². The van der Waals surface area contributed by atoms with Gasteiger partial charge in [-0.3, -0.25) is 0 Å². The molecule has 0 saturated heterocycles. The first kappa shape index (κ1) is 12.6. The number of hydrogen-bond acceptors (Lipinski definition) is 4. The molecule has 17 heavy (non-hydrogen) atoms. The van der Waals surface area contributed by atoms with Gasteiger partial charge in [0, 0.05) is 11.6 Å². The summed E-state index contributed by atoms with van der Waals surface area (Å²) in [5.41, 5.74) is 0.978. The molecule has 1 N–H and O–H groups in total. The number of fused-ring (bicyclic) bond motifs is 1. The van der Waals surface area contributed by atoms with Crippen molar-refractivity contribution in [3.05, 3.63) is 23.2 Å². The largest absolute Gasteiger partial charge is 0.377 e. The molecule has 2 aromatic rings. The molecule has 92 valence electrons. The quantitative estimate of drug-likeness (QED) is 0.840. The molecule has 0 bridgehead atoms. The summed E-state index contributed by atoms with van der Waals surface area (Å²) in [7, 11) is 0. The summed E-state index contributed by atoms with van der Waals surface area (Å²) in [4.78, 5) is 4.46. The van der Waals surface area contributed by atoms with Crippen LogP contribution in [-0.2, 0) is 4.74 Å². The second-order valence-corrected chi connectivity index (χ2v) is 5.44. The van der Waals surface area contributed by atoms with Crippen molar-refractivity contribution in [2.45, 2.75) is 20.0 Å². The van der Waals surface area contributed by atoms with Crippen molar-refractivity contribution in [1.82, 2.24) is 4.98 Å². The Bertz CT molecular complexity index is 498. The summed E-state index contributed by atoms with van der Waals surface area (Å²) in [6, 6.07) is 5.73. The van der Waals surface area contributed by atoms with E-state index in [2.05, 4.69) is 10.3 Å². The van der Waals surface area contributed by atoms with E-state index in [4.69, 9.17) is 16.3 Å². The van der Waals surface area contributed by atoms with Crippen LogP contribution >= 0.6 is 22.9 Å². The summed E-state index contributed by atoms with van der Waals surface area (Å²) < 4.78 is 6.55. The van der Waals surface area contributed by atoms with Crippen LogP contribution < -0.4 is 5.32 Å². The van der Waals surface area contributed by atoms with Crippen molar-refractivity contribution in [1.29, 1.82) is 0 Å². The van der Waals surface area contributed by atoms with Gasteiger partial charge in [-0.15, -0.1) is 0 Å². The van der Waals surface area contributed by atoms with Crippen LogP contribution in [0.3, 0.4) is 0 Å². The normalized spacial score (nSPS) is 11.3. The molecule has 3 nitrogen and oxygen atoms in total. The van der Waals surface area contributed by atoms with E-state index in [-0.39, 0.29) is 6.10 Å². The Balaban J connectivity index is 1.95. The van der Waals surface area contributed by atoms with Crippen LogP contribution in [0.25, 0.3) is 10.2 Å². The average Bonchev–Trinajstić information content (AvgIpc) is 2.66. The third-order valence-corrected chi connectivity index (χ3v) is 3.39. The lowest BCUT2D eigenvalue weighted by Gasteiger charge is -2.07. The highest BCUT2D eigenvalue weighted by Gasteiger charge is 2.03. The Kier molecular flexibility index (Phi) is 4.20. The molecule has 0 radical (unpaired) electrons. The third-order valence-electron chi connectivity index (χ3n) is 2.18. The summed E-state index contributed by atoms with van der Waals surface area (Å²) >= 11 is 7.54. The first-order valence-electron chi connectivity index (χ1n) is 5.57. The monoisotopic (exact) mass is 270 g/mol. The lowest BCUT2D eigenvalue weighted by Crippen LogP contribution is -2.12. The second-order valence-electron chi connectivity index (χ2n) is 3.98. The molecule has 0 saturated carbocycles. The minimum Gasteiger partial charge on any atom is -0.377 e. The smallest absolute Gasteiger partial charge is 0.183 e. The number of nitrogens with one attached hydrogen (secondary N) is 1. The van der Waals surface area contributed by atoms with Crippen molar-refractivity contribution in [2.75, 3.05) is 18.5 Å². The lowest BCUT2D eigenvalue weighted by molar-refractivity contribution is 0.0870. The van der Waals surface area contributed by atoms with E-state index < -0.39 is 0 Å². The Labute approximate surface area is 110 Å². The van der Waals surface area contributed by atoms with Gasteiger partial charge in [0.1, 0.15) is 0 Å².